The van der Waals surface area contributed by atoms with Crippen LogP contribution in [0.15, 0.2) is 23.3 Å². The third-order valence-electron chi connectivity index (χ3n) is 1.42. The molecule has 0 heterocycles. The molecular weight excluding hydrogens is 162 g/mol. The largest absolute Gasteiger partial charge is 0.389 e. The molecule has 0 saturated carbocycles. The standard InChI is InChI=1S/C9H14F2O/c1-3-4-7(2)5-8(10)9(11)6-12/h5,12H,3-4,6H2,1-2H3/b7-5+,9-8-. The highest BCUT2D eigenvalue weighted by Crippen LogP contribution is 2.13. The molecule has 0 bridgehead atoms. The molecule has 0 unspecified atom stereocenters. The molecule has 0 amide bonds. The maximum Gasteiger partial charge on any atom is 0.161 e. The molecule has 1 nitrogen and oxygen atoms in total. The van der Waals surface area contributed by atoms with Crippen LogP contribution in [0.2, 0.25) is 0 Å². The minimum Gasteiger partial charge on any atom is -0.389 e. The molecule has 0 saturated heterocycles. The fraction of sp³-hybridized carbons (Fsp3) is 0.556. The zero-order chi connectivity index (χ0) is 9.56. The summed E-state index contributed by atoms with van der Waals surface area (Å²) in [7, 11) is 0. The van der Waals surface area contributed by atoms with Crippen LogP contribution >= 0.6 is 0 Å². The van der Waals surface area contributed by atoms with E-state index in [4.69, 9.17) is 5.11 Å². The van der Waals surface area contributed by atoms with Gasteiger partial charge >= 0.3 is 0 Å². The molecule has 0 aromatic heterocycles. The molecule has 12 heavy (non-hydrogen) atoms. The van der Waals surface area contributed by atoms with Crippen LogP contribution in [0.4, 0.5) is 8.78 Å². The summed E-state index contributed by atoms with van der Waals surface area (Å²) in [4.78, 5) is 0. The molecule has 70 valence electrons. The monoisotopic (exact) mass is 176 g/mol. The van der Waals surface area contributed by atoms with E-state index in [-0.39, 0.29) is 0 Å². The van der Waals surface area contributed by atoms with Gasteiger partial charge in [0.1, 0.15) is 0 Å². The van der Waals surface area contributed by atoms with E-state index in [0.717, 1.165) is 24.5 Å². The van der Waals surface area contributed by atoms with E-state index < -0.39 is 18.3 Å². The van der Waals surface area contributed by atoms with E-state index in [1.54, 1.807) is 6.92 Å². The Balaban J connectivity index is 4.31. The number of allylic oxidation sites excluding steroid dienone is 3. The lowest BCUT2D eigenvalue weighted by molar-refractivity contribution is 0.291. The highest BCUT2D eigenvalue weighted by Gasteiger charge is 2.01. The predicted octanol–water partition coefficient (Wildman–Crippen LogP) is 2.88. The maximum atomic E-state index is 12.6. The van der Waals surface area contributed by atoms with Gasteiger partial charge in [-0.2, -0.15) is 0 Å². The predicted molar refractivity (Wildman–Crippen MR) is 45.0 cm³/mol. The second-order valence-electron chi connectivity index (χ2n) is 2.65. The van der Waals surface area contributed by atoms with Crippen molar-refractivity contribution in [2.75, 3.05) is 6.61 Å². The van der Waals surface area contributed by atoms with Crippen LogP contribution < -0.4 is 0 Å². The van der Waals surface area contributed by atoms with E-state index in [1.165, 1.54) is 0 Å². The van der Waals surface area contributed by atoms with Crippen LogP contribution in [0.1, 0.15) is 26.7 Å². The van der Waals surface area contributed by atoms with Crippen molar-refractivity contribution >= 4 is 0 Å². The van der Waals surface area contributed by atoms with Gasteiger partial charge in [0.15, 0.2) is 11.7 Å². The fourth-order valence-electron chi connectivity index (χ4n) is 0.837. The summed E-state index contributed by atoms with van der Waals surface area (Å²) < 4.78 is 25.0. The van der Waals surface area contributed by atoms with Crippen LogP contribution in [0.5, 0.6) is 0 Å². The average molecular weight is 176 g/mol. The van der Waals surface area contributed by atoms with Gasteiger partial charge < -0.3 is 5.11 Å². The highest BCUT2D eigenvalue weighted by atomic mass is 19.2. The first-order chi connectivity index (χ1) is 5.61. The number of hydrogen-bond acceptors (Lipinski definition) is 1. The van der Waals surface area contributed by atoms with Gasteiger partial charge in [-0.05, 0) is 19.4 Å². The molecule has 0 rings (SSSR count). The molecule has 0 aliphatic rings. The van der Waals surface area contributed by atoms with Crippen LogP contribution in [0, 0.1) is 0 Å². The van der Waals surface area contributed by atoms with Crippen molar-refractivity contribution in [3.8, 4) is 0 Å². The van der Waals surface area contributed by atoms with Gasteiger partial charge in [-0.1, -0.05) is 18.9 Å². The third-order valence-corrected chi connectivity index (χ3v) is 1.42. The number of halogens is 2. The third kappa shape index (κ3) is 4.23. The van der Waals surface area contributed by atoms with Crippen molar-refractivity contribution in [2.45, 2.75) is 26.7 Å². The van der Waals surface area contributed by atoms with Gasteiger partial charge in [0.05, 0.1) is 6.61 Å². The van der Waals surface area contributed by atoms with Crippen molar-refractivity contribution in [1.82, 2.24) is 0 Å². The molecule has 1 N–H and O–H groups in total. The molecule has 0 fully saturated rings. The Morgan fingerprint density at radius 1 is 1.42 bits per heavy atom. The van der Waals surface area contributed by atoms with E-state index >= 15 is 0 Å². The Morgan fingerprint density at radius 2 is 2.00 bits per heavy atom. The van der Waals surface area contributed by atoms with E-state index in [0.29, 0.717) is 0 Å². The molecular formula is C9H14F2O. The lowest BCUT2D eigenvalue weighted by atomic mass is 10.1. The molecule has 0 spiro atoms. The summed E-state index contributed by atoms with van der Waals surface area (Å²) >= 11 is 0. The highest BCUT2D eigenvalue weighted by molar-refractivity contribution is 5.19. The summed E-state index contributed by atoms with van der Waals surface area (Å²) in [6.07, 6.45) is 2.76. The summed E-state index contributed by atoms with van der Waals surface area (Å²) in [5.74, 6) is -2.08. The number of rotatable bonds is 4. The van der Waals surface area contributed by atoms with Gasteiger partial charge in [0.2, 0.25) is 0 Å². The normalized spacial score (nSPS) is 14.6. The minimum absolute atomic E-state index is 0.742. The van der Waals surface area contributed by atoms with Crippen molar-refractivity contribution in [1.29, 1.82) is 0 Å². The molecule has 0 radical (unpaired) electrons. The fourth-order valence-corrected chi connectivity index (χ4v) is 0.837. The Hall–Kier alpha value is -0.700. The second kappa shape index (κ2) is 5.89. The van der Waals surface area contributed by atoms with E-state index in [2.05, 4.69) is 0 Å². The maximum absolute atomic E-state index is 12.6. The summed E-state index contributed by atoms with van der Waals surface area (Å²) in [5, 5.41) is 8.25. The van der Waals surface area contributed by atoms with Gasteiger partial charge in [-0.15, -0.1) is 0 Å². The molecule has 3 heteroatoms. The minimum atomic E-state index is -1.11. The molecule has 0 aliphatic carbocycles. The zero-order valence-corrected chi connectivity index (χ0v) is 7.40. The van der Waals surface area contributed by atoms with Crippen molar-refractivity contribution < 1.29 is 13.9 Å². The number of aliphatic hydroxyl groups excluding tert-OH is 1. The van der Waals surface area contributed by atoms with Crippen LogP contribution in [0.25, 0.3) is 0 Å². The summed E-state index contributed by atoms with van der Waals surface area (Å²) in [5.41, 5.74) is 0.776. The molecule has 0 aromatic rings. The molecule has 0 atom stereocenters. The Kier molecular flexibility index (Phi) is 5.54. The first-order valence-electron chi connectivity index (χ1n) is 3.94. The van der Waals surface area contributed by atoms with E-state index in [1.807, 2.05) is 6.92 Å². The lowest BCUT2D eigenvalue weighted by Crippen LogP contribution is -1.86. The second-order valence-corrected chi connectivity index (χ2v) is 2.65. The quantitative estimate of drug-likeness (QED) is 0.653. The van der Waals surface area contributed by atoms with Crippen LogP contribution in [-0.4, -0.2) is 11.7 Å². The zero-order valence-electron chi connectivity index (χ0n) is 7.40. The Bertz CT molecular complexity index is 195. The first kappa shape index (κ1) is 11.3. The van der Waals surface area contributed by atoms with Gasteiger partial charge in [0.25, 0.3) is 0 Å². The van der Waals surface area contributed by atoms with Gasteiger partial charge in [-0.3, -0.25) is 0 Å². The average Bonchev–Trinajstić information content (AvgIpc) is 2.03. The van der Waals surface area contributed by atoms with E-state index in [9.17, 15) is 8.78 Å². The molecule has 0 aromatic carbocycles. The number of aliphatic hydroxyl groups is 1. The van der Waals surface area contributed by atoms with Crippen molar-refractivity contribution in [3.63, 3.8) is 0 Å². The van der Waals surface area contributed by atoms with Gasteiger partial charge in [0, 0.05) is 0 Å². The number of hydrogen-bond donors (Lipinski definition) is 1. The SMILES string of the molecule is CCC/C(C)=C/C(F)=C(/F)CO. The lowest BCUT2D eigenvalue weighted by Gasteiger charge is -1.96. The van der Waals surface area contributed by atoms with Crippen LogP contribution in [0.3, 0.4) is 0 Å². The Morgan fingerprint density at radius 3 is 2.42 bits per heavy atom. The topological polar surface area (TPSA) is 20.2 Å². The van der Waals surface area contributed by atoms with Crippen molar-refractivity contribution in [2.24, 2.45) is 0 Å². The van der Waals surface area contributed by atoms with Gasteiger partial charge in [-0.25, -0.2) is 8.78 Å². The Labute approximate surface area is 71.4 Å². The first-order valence-corrected chi connectivity index (χ1v) is 3.94. The summed E-state index contributed by atoms with van der Waals surface area (Å²) in [6.45, 7) is 2.82. The smallest absolute Gasteiger partial charge is 0.161 e. The molecule has 0 aliphatic heterocycles. The summed E-state index contributed by atoms with van der Waals surface area (Å²) in [6, 6.07) is 0. The van der Waals surface area contributed by atoms with Crippen LogP contribution in [-0.2, 0) is 0 Å². The van der Waals surface area contributed by atoms with Crippen molar-refractivity contribution in [3.05, 3.63) is 23.3 Å².